The molecule has 0 aliphatic rings. The molecule has 0 aromatic heterocycles. The van der Waals surface area contributed by atoms with Crippen molar-refractivity contribution in [3.8, 4) is 17.2 Å². The van der Waals surface area contributed by atoms with Crippen LogP contribution in [0.2, 0.25) is 0 Å². The van der Waals surface area contributed by atoms with Crippen LogP contribution in [0, 0.1) is 12.7 Å². The van der Waals surface area contributed by atoms with Gasteiger partial charge < -0.3 is 14.7 Å². The van der Waals surface area contributed by atoms with Gasteiger partial charge >= 0.3 is 12.4 Å². The summed E-state index contributed by atoms with van der Waals surface area (Å²) >= 11 is 0. The number of aliphatic hydroxyl groups excluding tert-OH is 1. The van der Waals surface area contributed by atoms with Gasteiger partial charge in [0.05, 0.1) is 17.8 Å². The molecular weight excluding hydrogens is 471 g/mol. The van der Waals surface area contributed by atoms with Crippen LogP contribution in [0.25, 0.3) is 0 Å². The maximum atomic E-state index is 13.5. The van der Waals surface area contributed by atoms with Crippen molar-refractivity contribution in [3.63, 3.8) is 0 Å². The van der Waals surface area contributed by atoms with Crippen LogP contribution in [-0.4, -0.2) is 23.9 Å². The number of halogens is 7. The van der Waals surface area contributed by atoms with E-state index >= 15 is 0 Å². The van der Waals surface area contributed by atoms with Gasteiger partial charge in [0.1, 0.15) is 17.3 Å². The lowest BCUT2D eigenvalue weighted by atomic mass is 10.2. The van der Waals surface area contributed by atoms with E-state index in [1.807, 2.05) is 0 Å². The summed E-state index contributed by atoms with van der Waals surface area (Å²) in [5.74, 6) is -0.480. The second kappa shape index (κ2) is 9.80. The van der Waals surface area contributed by atoms with Crippen molar-refractivity contribution in [1.29, 1.82) is 0 Å². The Kier molecular flexibility index (Phi) is 7.25. The topological polar surface area (TPSA) is 41.9 Å². The molecule has 1 N–H and O–H groups in total. The number of alkyl halides is 6. The minimum Gasteiger partial charge on any atom is -0.457 e. The number of nitrogens with zero attached hydrogens (tertiary/aromatic N) is 1. The summed E-state index contributed by atoms with van der Waals surface area (Å²) in [4.78, 5) is 5.31. The molecule has 0 fully saturated rings. The summed E-state index contributed by atoms with van der Waals surface area (Å²) in [6.07, 6.45) is -12.6. The standard InChI is InChI=1S/C23H18F7NO3/c1-14-10-18(8-9-20(14)24)33-17-6-3-5-16(12-17)31(13-21(32)23(28,29)30)34-19-7-2-4-15(11-19)22(25,26)27/h2-12,21,32H,13H2,1H3/t21-/m0/s1. The summed E-state index contributed by atoms with van der Waals surface area (Å²) in [5.41, 5.74) is -0.807. The smallest absolute Gasteiger partial charge is 0.416 e. The van der Waals surface area contributed by atoms with Gasteiger partial charge in [-0.3, -0.25) is 0 Å². The third-order valence-corrected chi connectivity index (χ3v) is 4.56. The Balaban J connectivity index is 1.91. The van der Waals surface area contributed by atoms with E-state index in [1.165, 1.54) is 49.4 Å². The second-order valence-corrected chi connectivity index (χ2v) is 7.25. The van der Waals surface area contributed by atoms with E-state index in [2.05, 4.69) is 0 Å². The summed E-state index contributed by atoms with van der Waals surface area (Å²) < 4.78 is 97.1. The van der Waals surface area contributed by atoms with Crippen molar-refractivity contribution < 1.29 is 45.4 Å². The molecule has 0 amide bonds. The summed E-state index contributed by atoms with van der Waals surface area (Å²) in [7, 11) is 0. The maximum absolute atomic E-state index is 13.5. The van der Waals surface area contributed by atoms with Crippen molar-refractivity contribution in [2.75, 3.05) is 11.6 Å². The Morgan fingerprint density at radius 1 is 0.853 bits per heavy atom. The normalized spacial score (nSPS) is 12.9. The molecule has 0 aliphatic heterocycles. The van der Waals surface area contributed by atoms with Crippen molar-refractivity contribution in [1.82, 2.24) is 0 Å². The summed E-state index contributed by atoms with van der Waals surface area (Å²) in [5, 5.41) is 10.2. The first-order chi connectivity index (χ1) is 15.8. The lowest BCUT2D eigenvalue weighted by Crippen LogP contribution is -2.42. The molecule has 4 nitrogen and oxygen atoms in total. The molecule has 34 heavy (non-hydrogen) atoms. The summed E-state index contributed by atoms with van der Waals surface area (Å²) in [6, 6.07) is 12.9. The fraction of sp³-hybridized carbons (Fsp3) is 0.217. The molecule has 3 aromatic carbocycles. The first-order valence-corrected chi connectivity index (χ1v) is 9.74. The van der Waals surface area contributed by atoms with Gasteiger partial charge in [-0.1, -0.05) is 12.1 Å². The maximum Gasteiger partial charge on any atom is 0.416 e. The number of aryl methyl sites for hydroxylation is 1. The van der Waals surface area contributed by atoms with Crippen LogP contribution < -0.4 is 14.6 Å². The Morgan fingerprint density at radius 2 is 1.50 bits per heavy atom. The van der Waals surface area contributed by atoms with Crippen LogP contribution in [0.5, 0.6) is 17.2 Å². The van der Waals surface area contributed by atoms with Gasteiger partial charge in [0.2, 0.25) is 0 Å². The highest BCUT2D eigenvalue weighted by Gasteiger charge is 2.40. The number of aliphatic hydroxyl groups is 1. The van der Waals surface area contributed by atoms with E-state index < -0.39 is 42.1 Å². The third kappa shape index (κ3) is 6.53. The van der Waals surface area contributed by atoms with Gasteiger partial charge in [-0.2, -0.15) is 26.3 Å². The molecule has 0 aliphatic carbocycles. The second-order valence-electron chi connectivity index (χ2n) is 7.25. The fourth-order valence-corrected chi connectivity index (χ4v) is 2.83. The van der Waals surface area contributed by atoms with Gasteiger partial charge in [0.25, 0.3) is 0 Å². The van der Waals surface area contributed by atoms with E-state index in [1.54, 1.807) is 0 Å². The number of hydrogen-bond acceptors (Lipinski definition) is 4. The van der Waals surface area contributed by atoms with E-state index in [0.29, 0.717) is 16.7 Å². The van der Waals surface area contributed by atoms with Gasteiger partial charge in [0.15, 0.2) is 11.9 Å². The molecular formula is C23H18F7NO3. The molecule has 182 valence electrons. The predicted octanol–water partition coefficient (Wildman–Crippen LogP) is 6.67. The van der Waals surface area contributed by atoms with Crippen molar-refractivity contribution in [3.05, 3.63) is 83.7 Å². The van der Waals surface area contributed by atoms with Gasteiger partial charge in [0, 0.05) is 6.07 Å². The molecule has 1 atom stereocenters. The van der Waals surface area contributed by atoms with Gasteiger partial charge in [-0.15, -0.1) is 0 Å². The van der Waals surface area contributed by atoms with E-state index in [0.717, 1.165) is 18.2 Å². The number of anilines is 1. The van der Waals surface area contributed by atoms with Crippen molar-refractivity contribution in [2.45, 2.75) is 25.4 Å². The largest absolute Gasteiger partial charge is 0.457 e. The Morgan fingerprint density at radius 3 is 2.15 bits per heavy atom. The number of hydrogen-bond donors (Lipinski definition) is 1. The average molecular weight is 489 g/mol. The molecule has 0 radical (unpaired) electrons. The molecule has 3 rings (SSSR count). The monoisotopic (exact) mass is 489 g/mol. The van der Waals surface area contributed by atoms with Crippen molar-refractivity contribution >= 4 is 5.69 Å². The van der Waals surface area contributed by atoms with Crippen LogP contribution in [0.15, 0.2) is 66.7 Å². The van der Waals surface area contributed by atoms with E-state index in [4.69, 9.17) is 9.57 Å². The number of rotatable bonds is 7. The highest BCUT2D eigenvalue weighted by atomic mass is 19.4. The van der Waals surface area contributed by atoms with Crippen molar-refractivity contribution in [2.24, 2.45) is 0 Å². The molecule has 0 unspecified atom stereocenters. The lowest BCUT2D eigenvalue weighted by Gasteiger charge is -2.28. The zero-order valence-corrected chi connectivity index (χ0v) is 17.5. The van der Waals surface area contributed by atoms with Gasteiger partial charge in [-0.25, -0.2) is 9.45 Å². The lowest BCUT2D eigenvalue weighted by molar-refractivity contribution is -0.202. The fourth-order valence-electron chi connectivity index (χ4n) is 2.83. The highest BCUT2D eigenvalue weighted by Crippen LogP contribution is 2.33. The molecule has 0 saturated heterocycles. The number of hydroxylamine groups is 1. The van der Waals surface area contributed by atoms with Gasteiger partial charge in [-0.05, 0) is 61.0 Å². The SMILES string of the molecule is Cc1cc(Oc2cccc(N(C[C@H](O)C(F)(F)F)Oc3cccc(C(F)(F)F)c3)c2)ccc1F. The Labute approximate surface area is 189 Å². The molecule has 0 spiro atoms. The van der Waals surface area contributed by atoms with Crippen LogP contribution in [0.4, 0.5) is 36.4 Å². The molecule has 0 bridgehead atoms. The van der Waals surface area contributed by atoms with Crippen LogP contribution >= 0.6 is 0 Å². The Hall–Kier alpha value is -3.47. The van der Waals surface area contributed by atoms with E-state index in [-0.39, 0.29) is 17.2 Å². The molecule has 11 heteroatoms. The summed E-state index contributed by atoms with van der Waals surface area (Å²) in [6.45, 7) is 0.376. The first kappa shape index (κ1) is 25.2. The molecule has 3 aromatic rings. The molecule has 0 heterocycles. The third-order valence-electron chi connectivity index (χ3n) is 4.56. The zero-order valence-electron chi connectivity index (χ0n) is 17.5. The van der Waals surface area contributed by atoms with Crippen LogP contribution in [0.1, 0.15) is 11.1 Å². The first-order valence-electron chi connectivity index (χ1n) is 9.74. The Bertz CT molecular complexity index is 1130. The number of ether oxygens (including phenoxy) is 1. The predicted molar refractivity (Wildman–Crippen MR) is 109 cm³/mol. The van der Waals surface area contributed by atoms with E-state index in [9.17, 15) is 35.8 Å². The quantitative estimate of drug-likeness (QED) is 0.297. The zero-order chi connectivity index (χ0) is 25.1. The minimum absolute atomic E-state index is 0.0444. The molecule has 0 saturated carbocycles. The average Bonchev–Trinajstić information content (AvgIpc) is 2.75. The van der Waals surface area contributed by atoms with Crippen LogP contribution in [0.3, 0.4) is 0 Å². The highest BCUT2D eigenvalue weighted by molar-refractivity contribution is 5.51. The van der Waals surface area contributed by atoms with Crippen LogP contribution in [-0.2, 0) is 6.18 Å². The minimum atomic E-state index is -5.00. The number of benzene rings is 3.